The first-order chi connectivity index (χ1) is 36.1. The Morgan fingerprint density at radius 3 is 0.685 bits per heavy atom. The lowest BCUT2D eigenvalue weighted by Gasteiger charge is -2.16. The topological polar surface area (TPSA) is 12.0 Å². The summed E-state index contributed by atoms with van der Waals surface area (Å²) in [4.78, 5) is 0. The monoisotopic (exact) mass is 929 g/mol. The van der Waals surface area contributed by atoms with Crippen molar-refractivity contribution in [3.63, 3.8) is 0 Å². The van der Waals surface area contributed by atoms with Crippen LogP contribution in [0.25, 0.3) is 111 Å². The number of rotatable bonds is 12. The lowest BCUT2D eigenvalue weighted by Crippen LogP contribution is -1.95. The van der Waals surface area contributed by atoms with Crippen LogP contribution in [-0.2, 0) is 0 Å². The number of benzene rings is 12. The highest BCUT2D eigenvalue weighted by atomic mass is 14.9. The van der Waals surface area contributed by atoms with Crippen molar-refractivity contribution in [1.82, 2.24) is 0 Å². The fourth-order valence-corrected chi connectivity index (χ4v) is 9.98. The molecule has 0 spiro atoms. The highest BCUT2D eigenvalue weighted by Crippen LogP contribution is 2.39. The highest BCUT2D eigenvalue weighted by molar-refractivity contribution is 5.88. The maximum Gasteiger partial charge on any atom is 0.0464 e. The van der Waals surface area contributed by atoms with Crippen molar-refractivity contribution in [3.8, 4) is 111 Å². The molecule has 0 aromatic heterocycles. The summed E-state index contributed by atoms with van der Waals surface area (Å²) in [5.74, 6) is 0. The van der Waals surface area contributed by atoms with Crippen LogP contribution < -0.4 is 5.32 Å². The zero-order chi connectivity index (χ0) is 48.8. The normalized spacial score (nSPS) is 11.0. The van der Waals surface area contributed by atoms with Crippen molar-refractivity contribution in [2.45, 2.75) is 0 Å². The molecule has 0 unspecified atom stereocenters. The molecule has 0 atom stereocenters. The molecule has 1 nitrogen and oxygen atoms in total. The van der Waals surface area contributed by atoms with E-state index in [0.717, 1.165) is 28.1 Å². The summed E-state index contributed by atoms with van der Waals surface area (Å²) in [5.41, 5.74) is 25.8. The Balaban J connectivity index is 0.858. The third kappa shape index (κ3) is 9.95. The maximum atomic E-state index is 3.83. The summed E-state index contributed by atoms with van der Waals surface area (Å²) in [6.07, 6.45) is 0. The van der Waals surface area contributed by atoms with E-state index in [0.29, 0.717) is 0 Å². The molecule has 344 valence electrons. The number of anilines is 2. The van der Waals surface area contributed by atoms with Crippen LogP contribution in [0.15, 0.2) is 303 Å². The molecule has 12 aromatic rings. The predicted octanol–water partition coefficient (Wildman–Crippen LogP) is 20.1. The molecule has 0 saturated heterocycles. The van der Waals surface area contributed by atoms with Crippen LogP contribution in [-0.4, -0.2) is 0 Å². The van der Waals surface area contributed by atoms with Gasteiger partial charge in [-0.2, -0.15) is 0 Å². The van der Waals surface area contributed by atoms with Gasteiger partial charge in [-0.05, 0) is 166 Å². The molecule has 0 aliphatic heterocycles. The van der Waals surface area contributed by atoms with Gasteiger partial charge in [0.2, 0.25) is 0 Å². The van der Waals surface area contributed by atoms with Crippen LogP contribution in [0.4, 0.5) is 11.4 Å². The molecule has 1 N–H and O–H groups in total. The summed E-state index contributed by atoms with van der Waals surface area (Å²) in [6, 6.07) is 110. The average Bonchev–Trinajstić information content (AvgIpc) is 3.48. The first-order valence-corrected chi connectivity index (χ1v) is 25.0. The van der Waals surface area contributed by atoms with Crippen molar-refractivity contribution in [1.29, 1.82) is 0 Å². The van der Waals surface area contributed by atoms with Gasteiger partial charge >= 0.3 is 0 Å². The average molecular weight is 930 g/mol. The van der Waals surface area contributed by atoms with Gasteiger partial charge in [0.15, 0.2) is 0 Å². The second-order valence-corrected chi connectivity index (χ2v) is 18.6. The Hall–Kier alpha value is -9.56. The van der Waals surface area contributed by atoms with Gasteiger partial charge in [-0.15, -0.1) is 0 Å². The van der Waals surface area contributed by atoms with Crippen molar-refractivity contribution in [2.75, 3.05) is 5.32 Å². The minimum absolute atomic E-state index is 1.02. The molecule has 0 saturated carbocycles. The molecule has 12 rings (SSSR count). The third-order valence-corrected chi connectivity index (χ3v) is 13.9. The SMILES string of the molecule is c1ccc(-c2cccc(-c3cccc(-c4ccc(Nc5ccc(-c6cccc(-c7cccc(-c8ccccc8)c7)c6)cc5-c5ccc(-c6cccc(-c7cccc(-c8ccccc8)c7)c6)cc5)cc4)c3)c2)cc1. The van der Waals surface area contributed by atoms with Gasteiger partial charge in [0.1, 0.15) is 0 Å². The number of hydrogen-bond donors (Lipinski definition) is 1. The summed E-state index contributed by atoms with van der Waals surface area (Å²) >= 11 is 0. The second kappa shape index (κ2) is 20.4. The fourth-order valence-electron chi connectivity index (χ4n) is 9.98. The minimum Gasteiger partial charge on any atom is -0.355 e. The molecule has 0 bridgehead atoms. The second-order valence-electron chi connectivity index (χ2n) is 18.6. The van der Waals surface area contributed by atoms with Gasteiger partial charge in [0.05, 0.1) is 0 Å². The van der Waals surface area contributed by atoms with Crippen molar-refractivity contribution in [3.05, 3.63) is 303 Å². The summed E-state index contributed by atoms with van der Waals surface area (Å²) < 4.78 is 0. The molecular formula is C72H51N. The number of nitrogens with one attached hydrogen (secondary N) is 1. The lowest BCUT2D eigenvalue weighted by atomic mass is 9.93. The van der Waals surface area contributed by atoms with E-state index in [9.17, 15) is 0 Å². The minimum atomic E-state index is 1.02. The smallest absolute Gasteiger partial charge is 0.0464 e. The molecule has 0 fully saturated rings. The molecule has 0 radical (unpaired) electrons. The standard InChI is InChI=1S/C72H51N/c1-4-16-51(17-5-1)57-22-10-27-62(44-57)65-30-13-25-60(47-65)54-34-36-56(37-35-54)71-50-69(68-33-15-32-67(49-68)64-29-12-24-59(46-64)53-20-8-3-9-21-53)40-43-72(71)73-70-41-38-55(39-42-70)61-26-14-31-66(48-61)63-28-11-23-58(45-63)52-18-6-2-7-19-52/h1-50,73H. The Morgan fingerprint density at radius 1 is 0.151 bits per heavy atom. The summed E-state index contributed by atoms with van der Waals surface area (Å²) in [6.45, 7) is 0. The van der Waals surface area contributed by atoms with E-state index in [-0.39, 0.29) is 0 Å². The molecule has 73 heavy (non-hydrogen) atoms. The Bertz CT molecular complexity index is 3840. The van der Waals surface area contributed by atoms with E-state index in [4.69, 9.17) is 0 Å². The first kappa shape index (κ1) is 44.6. The van der Waals surface area contributed by atoms with Crippen LogP contribution in [0.1, 0.15) is 0 Å². The molecule has 12 aromatic carbocycles. The Morgan fingerprint density at radius 2 is 0.370 bits per heavy atom. The van der Waals surface area contributed by atoms with Gasteiger partial charge in [0.25, 0.3) is 0 Å². The van der Waals surface area contributed by atoms with Crippen LogP contribution in [0, 0.1) is 0 Å². The zero-order valence-electron chi connectivity index (χ0n) is 40.4. The van der Waals surface area contributed by atoms with E-state index in [2.05, 4.69) is 309 Å². The third-order valence-electron chi connectivity index (χ3n) is 13.9. The Labute approximate surface area is 429 Å². The van der Waals surface area contributed by atoms with Gasteiger partial charge in [-0.3, -0.25) is 0 Å². The van der Waals surface area contributed by atoms with Gasteiger partial charge in [0, 0.05) is 16.9 Å². The molecule has 0 aliphatic rings. The summed E-state index contributed by atoms with van der Waals surface area (Å²) in [7, 11) is 0. The van der Waals surface area contributed by atoms with E-state index in [1.165, 1.54) is 94.6 Å². The van der Waals surface area contributed by atoms with Crippen LogP contribution >= 0.6 is 0 Å². The maximum absolute atomic E-state index is 3.83. The quantitative estimate of drug-likeness (QED) is 0.129. The van der Waals surface area contributed by atoms with E-state index in [1.54, 1.807) is 0 Å². The first-order valence-electron chi connectivity index (χ1n) is 25.0. The summed E-state index contributed by atoms with van der Waals surface area (Å²) in [5, 5.41) is 3.83. The zero-order valence-corrected chi connectivity index (χ0v) is 40.4. The predicted molar refractivity (Wildman–Crippen MR) is 311 cm³/mol. The van der Waals surface area contributed by atoms with Crippen LogP contribution in [0.3, 0.4) is 0 Å². The van der Waals surface area contributed by atoms with Gasteiger partial charge in [-0.1, -0.05) is 243 Å². The van der Waals surface area contributed by atoms with Gasteiger partial charge in [-0.25, -0.2) is 0 Å². The molecular weight excluding hydrogens is 879 g/mol. The van der Waals surface area contributed by atoms with Gasteiger partial charge < -0.3 is 5.32 Å². The highest BCUT2D eigenvalue weighted by Gasteiger charge is 2.13. The van der Waals surface area contributed by atoms with E-state index in [1.807, 2.05) is 0 Å². The molecule has 0 aliphatic carbocycles. The van der Waals surface area contributed by atoms with E-state index < -0.39 is 0 Å². The molecule has 0 amide bonds. The molecule has 0 heterocycles. The van der Waals surface area contributed by atoms with E-state index >= 15 is 0 Å². The number of hydrogen-bond acceptors (Lipinski definition) is 1. The van der Waals surface area contributed by atoms with Crippen LogP contribution in [0.2, 0.25) is 0 Å². The Kier molecular flexibility index (Phi) is 12.5. The van der Waals surface area contributed by atoms with Crippen molar-refractivity contribution < 1.29 is 0 Å². The van der Waals surface area contributed by atoms with Crippen molar-refractivity contribution in [2.24, 2.45) is 0 Å². The lowest BCUT2D eigenvalue weighted by molar-refractivity contribution is 1.51. The van der Waals surface area contributed by atoms with Crippen LogP contribution in [0.5, 0.6) is 0 Å². The largest absolute Gasteiger partial charge is 0.355 e. The molecule has 1 heteroatoms. The van der Waals surface area contributed by atoms with Crippen molar-refractivity contribution >= 4 is 11.4 Å². The fraction of sp³-hybridized carbons (Fsp3) is 0.